The molecule has 1 N–H and O–H groups in total. The highest BCUT2D eigenvalue weighted by molar-refractivity contribution is 5.71. The molecule has 1 spiro atoms. The predicted molar refractivity (Wildman–Crippen MR) is 69.5 cm³/mol. The summed E-state index contributed by atoms with van der Waals surface area (Å²) in [4.78, 5) is 14.2. The molecule has 3 aliphatic rings. The summed E-state index contributed by atoms with van der Waals surface area (Å²) in [6.45, 7) is 2.87. The van der Waals surface area contributed by atoms with Gasteiger partial charge >= 0.3 is 6.09 Å². The zero-order valence-electron chi connectivity index (χ0n) is 11.1. The minimum absolute atomic E-state index is 0.0520. The quantitative estimate of drug-likeness (QED) is 0.778. The number of hydrogen-bond acceptors (Lipinski definition) is 3. The number of ether oxygens (including phenoxy) is 1. The first kappa shape index (κ1) is 12.3. The number of hydrogen-bond donors (Lipinski definition) is 1. The Morgan fingerprint density at radius 2 is 1.94 bits per heavy atom. The molecule has 2 heterocycles. The first-order chi connectivity index (χ1) is 8.79. The molecule has 0 aromatic rings. The third-order valence-electron chi connectivity index (χ3n) is 4.76. The summed E-state index contributed by atoms with van der Waals surface area (Å²) >= 11 is 0. The molecule has 2 saturated heterocycles. The topological polar surface area (TPSA) is 41.6 Å². The highest BCUT2D eigenvalue weighted by Crippen LogP contribution is 2.35. The minimum Gasteiger partial charge on any atom is -0.441 e. The van der Waals surface area contributed by atoms with Crippen LogP contribution in [0.25, 0.3) is 0 Å². The van der Waals surface area contributed by atoms with E-state index < -0.39 is 0 Å². The van der Waals surface area contributed by atoms with Crippen molar-refractivity contribution in [1.29, 1.82) is 0 Å². The summed E-state index contributed by atoms with van der Waals surface area (Å²) in [5.74, 6) is 0. The number of amides is 1. The van der Waals surface area contributed by atoms with Gasteiger partial charge in [0.2, 0.25) is 0 Å². The SMILES string of the molecule is O=C1OC2(CCCNCC2)CN1C1CCCCC1. The monoisotopic (exact) mass is 252 g/mol. The Kier molecular flexibility index (Phi) is 3.46. The third kappa shape index (κ3) is 2.35. The maximum absolute atomic E-state index is 12.1. The lowest BCUT2D eigenvalue weighted by Gasteiger charge is -2.30. The molecule has 1 aliphatic carbocycles. The van der Waals surface area contributed by atoms with Crippen molar-refractivity contribution in [2.75, 3.05) is 19.6 Å². The van der Waals surface area contributed by atoms with Crippen molar-refractivity contribution in [1.82, 2.24) is 10.2 Å². The molecule has 18 heavy (non-hydrogen) atoms. The molecule has 3 fully saturated rings. The molecular weight excluding hydrogens is 228 g/mol. The first-order valence-corrected chi connectivity index (χ1v) is 7.49. The second kappa shape index (κ2) is 5.08. The largest absolute Gasteiger partial charge is 0.441 e. The van der Waals surface area contributed by atoms with Gasteiger partial charge in [-0.1, -0.05) is 19.3 Å². The summed E-state index contributed by atoms with van der Waals surface area (Å²) in [5.41, 5.74) is -0.183. The zero-order chi connectivity index (χ0) is 12.4. The van der Waals surface area contributed by atoms with E-state index >= 15 is 0 Å². The van der Waals surface area contributed by atoms with Crippen LogP contribution in [0, 0.1) is 0 Å². The Morgan fingerprint density at radius 3 is 2.78 bits per heavy atom. The van der Waals surface area contributed by atoms with Crippen molar-refractivity contribution in [3.8, 4) is 0 Å². The molecule has 4 heteroatoms. The maximum atomic E-state index is 12.1. The van der Waals surface area contributed by atoms with Gasteiger partial charge in [-0.05, 0) is 38.8 Å². The van der Waals surface area contributed by atoms with E-state index in [9.17, 15) is 4.79 Å². The van der Waals surface area contributed by atoms with E-state index in [1.807, 2.05) is 4.90 Å². The highest BCUT2D eigenvalue weighted by atomic mass is 16.6. The normalized spacial score (nSPS) is 34.7. The molecule has 2 aliphatic heterocycles. The second-order valence-corrected chi connectivity index (χ2v) is 6.07. The van der Waals surface area contributed by atoms with Crippen molar-refractivity contribution in [3.63, 3.8) is 0 Å². The van der Waals surface area contributed by atoms with Crippen LogP contribution in [-0.4, -0.2) is 42.3 Å². The molecule has 1 unspecified atom stereocenters. The smallest absolute Gasteiger partial charge is 0.410 e. The number of nitrogens with one attached hydrogen (secondary N) is 1. The average molecular weight is 252 g/mol. The van der Waals surface area contributed by atoms with Crippen LogP contribution in [0.4, 0.5) is 4.79 Å². The highest BCUT2D eigenvalue weighted by Gasteiger charge is 2.47. The summed E-state index contributed by atoms with van der Waals surface area (Å²) in [6.07, 6.45) is 9.26. The summed E-state index contributed by atoms with van der Waals surface area (Å²) < 4.78 is 5.78. The van der Waals surface area contributed by atoms with E-state index in [1.54, 1.807) is 0 Å². The van der Waals surface area contributed by atoms with Crippen molar-refractivity contribution in [3.05, 3.63) is 0 Å². The van der Waals surface area contributed by atoms with Crippen LogP contribution in [0.5, 0.6) is 0 Å². The molecule has 4 nitrogen and oxygen atoms in total. The van der Waals surface area contributed by atoms with Gasteiger partial charge in [0, 0.05) is 12.5 Å². The van der Waals surface area contributed by atoms with Crippen LogP contribution < -0.4 is 5.32 Å². The Labute approximate surface area is 109 Å². The lowest BCUT2D eigenvalue weighted by atomic mass is 9.91. The number of nitrogens with zero attached hydrogens (tertiary/aromatic N) is 1. The standard InChI is InChI=1S/C14H24N2O2/c17-13-16(12-5-2-1-3-6-12)11-14(18-13)7-4-9-15-10-8-14/h12,15H,1-11H2. The van der Waals surface area contributed by atoms with Gasteiger partial charge in [0.25, 0.3) is 0 Å². The molecule has 1 atom stereocenters. The van der Waals surface area contributed by atoms with E-state index in [1.165, 1.54) is 32.1 Å². The fraction of sp³-hybridized carbons (Fsp3) is 0.929. The van der Waals surface area contributed by atoms with Crippen molar-refractivity contribution >= 4 is 6.09 Å². The van der Waals surface area contributed by atoms with Crippen molar-refractivity contribution in [2.45, 2.75) is 63.0 Å². The third-order valence-corrected chi connectivity index (χ3v) is 4.76. The van der Waals surface area contributed by atoms with Crippen molar-refractivity contribution < 1.29 is 9.53 Å². The number of rotatable bonds is 1. The molecule has 0 aromatic carbocycles. The van der Waals surface area contributed by atoms with Gasteiger partial charge in [0.15, 0.2) is 0 Å². The van der Waals surface area contributed by atoms with Gasteiger partial charge in [-0.2, -0.15) is 0 Å². The average Bonchev–Trinajstić information content (AvgIpc) is 2.58. The van der Waals surface area contributed by atoms with Gasteiger partial charge in [0.1, 0.15) is 5.60 Å². The number of carbonyl (C=O) groups is 1. The van der Waals surface area contributed by atoms with Gasteiger partial charge in [-0.15, -0.1) is 0 Å². The van der Waals surface area contributed by atoms with E-state index in [2.05, 4.69) is 5.32 Å². The van der Waals surface area contributed by atoms with Crippen LogP contribution in [0.2, 0.25) is 0 Å². The van der Waals surface area contributed by atoms with Gasteiger partial charge in [-0.25, -0.2) is 4.79 Å². The van der Waals surface area contributed by atoms with Crippen LogP contribution in [-0.2, 0) is 4.74 Å². The zero-order valence-corrected chi connectivity index (χ0v) is 11.1. The van der Waals surface area contributed by atoms with Gasteiger partial charge < -0.3 is 15.0 Å². The summed E-state index contributed by atoms with van der Waals surface area (Å²) in [7, 11) is 0. The van der Waals surface area contributed by atoms with Crippen LogP contribution in [0.15, 0.2) is 0 Å². The van der Waals surface area contributed by atoms with Crippen LogP contribution in [0.3, 0.4) is 0 Å². The van der Waals surface area contributed by atoms with Gasteiger partial charge in [-0.3, -0.25) is 0 Å². The second-order valence-electron chi connectivity index (χ2n) is 6.07. The molecule has 102 valence electrons. The maximum Gasteiger partial charge on any atom is 0.410 e. The minimum atomic E-state index is -0.183. The molecule has 1 amide bonds. The molecule has 0 aromatic heterocycles. The lowest BCUT2D eigenvalue weighted by molar-refractivity contribution is 0.0469. The predicted octanol–water partition coefficient (Wildman–Crippen LogP) is 2.28. The molecule has 0 bridgehead atoms. The summed E-state index contributed by atoms with van der Waals surface area (Å²) in [6, 6.07) is 0.446. The molecular formula is C14H24N2O2. The molecule has 3 rings (SSSR count). The van der Waals surface area contributed by atoms with E-state index in [-0.39, 0.29) is 11.7 Å². The Balaban J connectivity index is 1.68. The lowest BCUT2D eigenvalue weighted by Crippen LogP contribution is -2.40. The van der Waals surface area contributed by atoms with E-state index in [4.69, 9.17) is 4.74 Å². The molecule has 0 radical (unpaired) electrons. The number of carbonyl (C=O) groups excluding carboxylic acids is 1. The Bertz CT molecular complexity index is 305. The van der Waals surface area contributed by atoms with Crippen molar-refractivity contribution in [2.24, 2.45) is 0 Å². The van der Waals surface area contributed by atoms with E-state index in [0.717, 1.165) is 38.9 Å². The van der Waals surface area contributed by atoms with Gasteiger partial charge in [0.05, 0.1) is 6.54 Å². The first-order valence-electron chi connectivity index (χ1n) is 7.49. The Morgan fingerprint density at radius 1 is 1.11 bits per heavy atom. The molecule has 1 saturated carbocycles. The Hall–Kier alpha value is -0.770. The summed E-state index contributed by atoms with van der Waals surface area (Å²) in [5, 5.41) is 3.40. The van der Waals surface area contributed by atoms with Crippen LogP contribution >= 0.6 is 0 Å². The fourth-order valence-corrected chi connectivity index (χ4v) is 3.68. The van der Waals surface area contributed by atoms with Crippen LogP contribution in [0.1, 0.15) is 51.4 Å². The van der Waals surface area contributed by atoms with E-state index in [0.29, 0.717) is 6.04 Å². The fourth-order valence-electron chi connectivity index (χ4n) is 3.68.